The van der Waals surface area contributed by atoms with E-state index in [4.69, 9.17) is 9.53 Å². The van der Waals surface area contributed by atoms with Crippen LogP contribution in [0.5, 0.6) is 0 Å². The van der Waals surface area contributed by atoms with E-state index in [1.165, 1.54) is 43.4 Å². The molecule has 0 N–H and O–H groups in total. The second kappa shape index (κ2) is 13.7. The number of nitrogens with zero attached hydrogens (tertiary/aromatic N) is 2. The SMILES string of the molecule is CC(C)c1cccc(C(C)C)c1N1CCN(c2c(C(C)C)cccc2C(C)C)[C]1=[Pd-2]([Cl])[CH2]C=Cc1ccccc1. The summed E-state index contributed by atoms with van der Waals surface area (Å²) in [5.74, 6) is 1.74. The van der Waals surface area contributed by atoms with Gasteiger partial charge in [-0.15, -0.1) is 0 Å². The summed E-state index contributed by atoms with van der Waals surface area (Å²) in [7, 11) is 7.62. The zero-order valence-electron chi connectivity index (χ0n) is 25.5. The minimum atomic E-state index is -1.63. The molecule has 1 fully saturated rings. The van der Waals surface area contributed by atoms with Crippen molar-refractivity contribution in [2.24, 2.45) is 0 Å². The first kappa shape index (κ1) is 30.8. The topological polar surface area (TPSA) is 6.48 Å². The van der Waals surface area contributed by atoms with Gasteiger partial charge in [0.1, 0.15) is 0 Å². The van der Waals surface area contributed by atoms with Crippen LogP contribution in [0.2, 0.25) is 4.89 Å². The van der Waals surface area contributed by atoms with E-state index in [-0.39, 0.29) is 0 Å². The van der Waals surface area contributed by atoms with Crippen molar-refractivity contribution in [2.45, 2.75) is 84.0 Å². The number of halogens is 1. The molecule has 1 saturated heterocycles. The zero-order chi connectivity index (χ0) is 29.0. The van der Waals surface area contributed by atoms with Crippen LogP contribution >= 0.6 is 9.53 Å². The molecule has 0 atom stereocenters. The second-order valence-corrected chi connectivity index (χ2v) is 16.2. The van der Waals surface area contributed by atoms with Gasteiger partial charge in [-0.05, 0) is 0 Å². The van der Waals surface area contributed by atoms with E-state index in [0.717, 1.165) is 18.0 Å². The molecule has 0 bridgehead atoms. The molecule has 2 nitrogen and oxygen atoms in total. The maximum absolute atomic E-state index is 7.62. The summed E-state index contributed by atoms with van der Waals surface area (Å²) in [5, 5.41) is 0. The van der Waals surface area contributed by atoms with E-state index in [1.807, 2.05) is 0 Å². The van der Waals surface area contributed by atoms with E-state index < -0.39 is 15.3 Å². The van der Waals surface area contributed by atoms with E-state index in [1.54, 1.807) is 0 Å². The molecular formula is C36H47ClN2Pd-2. The zero-order valence-corrected chi connectivity index (χ0v) is 27.8. The van der Waals surface area contributed by atoms with Gasteiger partial charge in [-0.1, -0.05) is 0 Å². The fourth-order valence-electron chi connectivity index (χ4n) is 5.60. The number of allylic oxidation sites excluding steroid dienone is 1. The molecule has 0 spiro atoms. The Labute approximate surface area is 252 Å². The van der Waals surface area contributed by atoms with E-state index in [9.17, 15) is 0 Å². The van der Waals surface area contributed by atoms with Gasteiger partial charge >= 0.3 is 254 Å². The van der Waals surface area contributed by atoms with Crippen LogP contribution in [0.25, 0.3) is 6.08 Å². The Bertz CT molecular complexity index is 1230. The molecule has 4 rings (SSSR count). The summed E-state index contributed by atoms with van der Waals surface area (Å²) >= 11 is -1.63. The minimum absolute atomic E-state index is 0.434. The Morgan fingerprint density at radius 3 is 1.40 bits per heavy atom. The molecule has 0 radical (unpaired) electrons. The number of hydrogen-bond acceptors (Lipinski definition) is 2. The quantitative estimate of drug-likeness (QED) is 0.213. The summed E-state index contributed by atoms with van der Waals surface area (Å²) in [6, 6.07) is 24.3. The standard InChI is InChI=1S/C27H38N2.C9H9.ClH.Pd/c1-18(2)22-11-9-12-23(19(3)4)26(22)28-15-16-29(17-28)27-24(20(5)6)13-10-14-25(27)21(7)8;1-2-6-9-7-4-3-5-8-9;;/h9-14,18-21H,15-16H2,1-8H3;2-8H,1H2;1H;/q;;;-1/p-1. The number of anilines is 2. The van der Waals surface area contributed by atoms with Crippen molar-refractivity contribution >= 4 is 31.2 Å². The number of hydrogen-bond donors (Lipinski definition) is 0. The van der Waals surface area contributed by atoms with Crippen molar-refractivity contribution in [2.75, 3.05) is 22.9 Å². The fraction of sp³-hybridized carbons (Fsp3) is 0.417. The molecule has 0 aromatic heterocycles. The summed E-state index contributed by atoms with van der Waals surface area (Å²) in [6.07, 6.45) is 4.52. The molecule has 0 aliphatic carbocycles. The van der Waals surface area contributed by atoms with Gasteiger partial charge in [0.05, 0.1) is 0 Å². The molecular weight excluding hydrogens is 602 g/mol. The van der Waals surface area contributed by atoms with Crippen LogP contribution in [0, 0.1) is 0 Å². The molecule has 40 heavy (non-hydrogen) atoms. The third kappa shape index (κ3) is 6.65. The van der Waals surface area contributed by atoms with Crippen molar-refractivity contribution in [3.63, 3.8) is 0 Å². The van der Waals surface area contributed by atoms with E-state index in [2.05, 4.69) is 144 Å². The van der Waals surface area contributed by atoms with Gasteiger partial charge < -0.3 is 0 Å². The predicted octanol–water partition coefficient (Wildman–Crippen LogP) is 10.5. The molecule has 1 heterocycles. The van der Waals surface area contributed by atoms with Crippen molar-refractivity contribution < 1.29 is 15.3 Å². The first-order chi connectivity index (χ1) is 19.1. The summed E-state index contributed by atoms with van der Waals surface area (Å²) < 4.78 is 1.33. The molecule has 0 amide bonds. The van der Waals surface area contributed by atoms with Gasteiger partial charge in [-0.3, -0.25) is 0 Å². The third-order valence-electron chi connectivity index (χ3n) is 7.64. The molecule has 1 aliphatic rings. The Morgan fingerprint density at radius 2 is 1.02 bits per heavy atom. The molecule has 3 aromatic carbocycles. The maximum atomic E-state index is 7.62. The fourth-order valence-corrected chi connectivity index (χ4v) is 9.09. The van der Waals surface area contributed by atoms with Crippen molar-refractivity contribution in [3.8, 4) is 0 Å². The van der Waals surface area contributed by atoms with E-state index in [0.29, 0.717) is 23.7 Å². The van der Waals surface area contributed by atoms with Gasteiger partial charge in [-0.25, -0.2) is 0 Å². The van der Waals surface area contributed by atoms with Crippen LogP contribution in [0.3, 0.4) is 0 Å². The van der Waals surface area contributed by atoms with Crippen molar-refractivity contribution in [1.82, 2.24) is 0 Å². The number of para-hydroxylation sites is 2. The van der Waals surface area contributed by atoms with Crippen LogP contribution in [-0.2, 0) is 15.3 Å². The Hall–Kier alpha value is -2.18. The Morgan fingerprint density at radius 1 is 0.625 bits per heavy atom. The molecule has 0 unspecified atom stereocenters. The molecule has 4 heteroatoms. The molecule has 3 aromatic rings. The number of benzene rings is 3. The molecule has 0 saturated carbocycles. The van der Waals surface area contributed by atoms with Gasteiger partial charge in [-0.2, -0.15) is 0 Å². The van der Waals surface area contributed by atoms with Gasteiger partial charge in [0.25, 0.3) is 0 Å². The van der Waals surface area contributed by atoms with Gasteiger partial charge in [0, 0.05) is 0 Å². The van der Waals surface area contributed by atoms with Crippen LogP contribution < -0.4 is 9.80 Å². The van der Waals surface area contributed by atoms with Crippen LogP contribution in [0.1, 0.15) is 107 Å². The van der Waals surface area contributed by atoms with Crippen molar-refractivity contribution in [1.29, 1.82) is 0 Å². The third-order valence-corrected chi connectivity index (χ3v) is 11.4. The summed E-state index contributed by atoms with van der Waals surface area (Å²) in [4.78, 5) is 6.12. The second-order valence-electron chi connectivity index (χ2n) is 11.9. The Kier molecular flexibility index (Phi) is 10.5. The normalized spacial score (nSPS) is 14.6. The van der Waals surface area contributed by atoms with Crippen LogP contribution in [0.4, 0.5) is 11.4 Å². The van der Waals surface area contributed by atoms with Crippen LogP contribution in [0.15, 0.2) is 72.8 Å². The monoisotopic (exact) mass is 648 g/mol. The van der Waals surface area contributed by atoms with Gasteiger partial charge in [0.15, 0.2) is 0 Å². The summed E-state index contributed by atoms with van der Waals surface area (Å²) in [5.41, 5.74) is 9.67. The first-order valence-electron chi connectivity index (χ1n) is 14.7. The molecule has 220 valence electrons. The number of rotatable bonds is 9. The average molecular weight is 650 g/mol. The Balaban J connectivity index is 1.93. The van der Waals surface area contributed by atoms with E-state index >= 15 is 0 Å². The summed E-state index contributed by atoms with van der Waals surface area (Å²) in [6.45, 7) is 20.4. The molecule has 1 aliphatic heterocycles. The first-order valence-corrected chi connectivity index (χ1v) is 18.6. The average Bonchev–Trinajstić information content (AvgIpc) is 3.37. The van der Waals surface area contributed by atoms with Crippen molar-refractivity contribution in [3.05, 3.63) is 101 Å². The predicted molar refractivity (Wildman–Crippen MR) is 175 cm³/mol. The van der Waals surface area contributed by atoms with Crippen LogP contribution in [-0.4, -0.2) is 17.3 Å². The van der Waals surface area contributed by atoms with Gasteiger partial charge in [0.2, 0.25) is 0 Å².